The first-order chi connectivity index (χ1) is 25.6. The summed E-state index contributed by atoms with van der Waals surface area (Å²) in [5, 5.41) is 2.39. The smallest absolute Gasteiger partial charge is 0.139 e. The molecule has 6 nitrogen and oxygen atoms in total. The highest BCUT2D eigenvalue weighted by Gasteiger charge is 2.28. The fraction of sp³-hybridized carbons (Fsp3) is 0.292. The molecule has 274 valence electrons. The average molecular weight is 713 g/mol. The van der Waals surface area contributed by atoms with Gasteiger partial charge in [0.15, 0.2) is 0 Å². The van der Waals surface area contributed by atoms with Crippen LogP contribution in [0.4, 0.5) is 34.3 Å². The summed E-state index contributed by atoms with van der Waals surface area (Å²) >= 11 is 0. The number of para-hydroxylation sites is 3. The van der Waals surface area contributed by atoms with Gasteiger partial charge in [-0.3, -0.25) is 9.47 Å². The fourth-order valence-corrected chi connectivity index (χ4v) is 7.67. The zero-order valence-corrected chi connectivity index (χ0v) is 33.4. The van der Waals surface area contributed by atoms with Crippen LogP contribution in [0.5, 0.6) is 0 Å². The molecule has 4 heterocycles. The molecule has 0 saturated heterocycles. The molecule has 0 fully saturated rings. The maximum Gasteiger partial charge on any atom is 0.139 e. The second-order valence-corrected chi connectivity index (χ2v) is 17.9. The minimum absolute atomic E-state index is 0.0113. The second-order valence-electron chi connectivity index (χ2n) is 17.9. The summed E-state index contributed by atoms with van der Waals surface area (Å²) in [5.41, 5.74) is 11.6. The number of anilines is 6. The standard InChI is InChI=1S/C48H52N6/c1-46(2,3)32-21-23-49-44(28-32)54-40-16-12-11-15-38(40)39-20-19-36(29-43(39)54)53(37-26-33(47(4,5)6)25-34(27-37)48(7,8)9)45-30-35(22-24-50-45)52-31-51(10)41-17-13-14-18-42(41)52/h11-30H,31H2,1-10H3. The van der Waals surface area contributed by atoms with Crippen LogP contribution in [-0.2, 0) is 16.2 Å². The summed E-state index contributed by atoms with van der Waals surface area (Å²) in [6, 6.07) is 40.0. The van der Waals surface area contributed by atoms with Crippen LogP contribution in [0, 0.1) is 0 Å². The predicted octanol–water partition coefficient (Wildman–Crippen LogP) is 12.5. The first-order valence-electron chi connectivity index (χ1n) is 19.1. The lowest BCUT2D eigenvalue weighted by molar-refractivity contribution is 0.568. The molecule has 54 heavy (non-hydrogen) atoms. The van der Waals surface area contributed by atoms with Crippen LogP contribution in [0.3, 0.4) is 0 Å². The topological polar surface area (TPSA) is 40.4 Å². The van der Waals surface area contributed by atoms with Crippen molar-refractivity contribution >= 4 is 56.1 Å². The van der Waals surface area contributed by atoms with Gasteiger partial charge in [0, 0.05) is 53.3 Å². The second kappa shape index (κ2) is 12.8. The SMILES string of the molecule is CN1CN(c2ccnc(N(c3cc(C(C)(C)C)cc(C(C)(C)C)c3)c3ccc4c5ccccc5n(-c5cc(C(C)(C)C)ccn5)c4c3)c2)c2ccccc21. The first-order valence-corrected chi connectivity index (χ1v) is 19.1. The Morgan fingerprint density at radius 2 is 1.17 bits per heavy atom. The molecular weight excluding hydrogens is 661 g/mol. The van der Waals surface area contributed by atoms with Crippen LogP contribution >= 0.6 is 0 Å². The van der Waals surface area contributed by atoms with Gasteiger partial charge in [0.2, 0.25) is 0 Å². The third-order valence-electron chi connectivity index (χ3n) is 10.9. The molecule has 0 atom stereocenters. The Labute approximate surface area is 320 Å². The minimum atomic E-state index is -0.0546. The van der Waals surface area contributed by atoms with Crippen molar-refractivity contribution in [2.45, 2.75) is 78.6 Å². The van der Waals surface area contributed by atoms with Gasteiger partial charge in [-0.25, -0.2) is 9.97 Å². The summed E-state index contributed by atoms with van der Waals surface area (Å²) in [6.07, 6.45) is 3.90. The van der Waals surface area contributed by atoms with Gasteiger partial charge in [-0.2, -0.15) is 0 Å². The van der Waals surface area contributed by atoms with Crippen LogP contribution in [-0.4, -0.2) is 28.3 Å². The molecular formula is C48H52N6. The van der Waals surface area contributed by atoms with Gasteiger partial charge in [0.25, 0.3) is 0 Å². The Bertz CT molecular complexity index is 2490. The number of benzene rings is 4. The van der Waals surface area contributed by atoms with Crippen LogP contribution < -0.4 is 14.7 Å². The Balaban J connectivity index is 1.39. The van der Waals surface area contributed by atoms with E-state index in [1.807, 2.05) is 12.4 Å². The molecule has 1 aliphatic heterocycles. The van der Waals surface area contributed by atoms with Crippen LogP contribution in [0.1, 0.15) is 79.0 Å². The van der Waals surface area contributed by atoms with E-state index in [4.69, 9.17) is 9.97 Å². The largest absolute Gasteiger partial charge is 0.355 e. The number of nitrogens with zero attached hydrogens (tertiary/aromatic N) is 6. The number of hydrogen-bond acceptors (Lipinski definition) is 5. The van der Waals surface area contributed by atoms with E-state index in [9.17, 15) is 0 Å². The Hall–Kier alpha value is -5.62. The third-order valence-corrected chi connectivity index (χ3v) is 10.9. The van der Waals surface area contributed by atoms with Gasteiger partial charge in [-0.05, 0) is 93.6 Å². The van der Waals surface area contributed by atoms with E-state index < -0.39 is 0 Å². The number of rotatable bonds is 5. The molecule has 4 aromatic carbocycles. The fourth-order valence-electron chi connectivity index (χ4n) is 7.67. The highest BCUT2D eigenvalue weighted by molar-refractivity contribution is 6.10. The molecule has 7 aromatic rings. The van der Waals surface area contributed by atoms with E-state index in [1.54, 1.807) is 0 Å². The molecule has 3 aromatic heterocycles. The van der Waals surface area contributed by atoms with Crippen molar-refractivity contribution in [1.82, 2.24) is 14.5 Å². The van der Waals surface area contributed by atoms with E-state index in [-0.39, 0.29) is 16.2 Å². The van der Waals surface area contributed by atoms with Crippen molar-refractivity contribution in [1.29, 1.82) is 0 Å². The summed E-state index contributed by atoms with van der Waals surface area (Å²) in [5.74, 6) is 1.78. The highest BCUT2D eigenvalue weighted by Crippen LogP contribution is 2.45. The highest BCUT2D eigenvalue weighted by atomic mass is 15.4. The summed E-state index contributed by atoms with van der Waals surface area (Å²) < 4.78 is 2.33. The number of fused-ring (bicyclic) bond motifs is 4. The van der Waals surface area contributed by atoms with Gasteiger partial charge < -0.3 is 9.80 Å². The molecule has 0 spiro atoms. The van der Waals surface area contributed by atoms with Crippen molar-refractivity contribution < 1.29 is 0 Å². The predicted molar refractivity (Wildman–Crippen MR) is 229 cm³/mol. The lowest BCUT2D eigenvalue weighted by Crippen LogP contribution is -2.24. The average Bonchev–Trinajstić information content (AvgIpc) is 3.65. The van der Waals surface area contributed by atoms with Crippen molar-refractivity contribution in [3.05, 3.63) is 138 Å². The van der Waals surface area contributed by atoms with Gasteiger partial charge >= 0.3 is 0 Å². The summed E-state index contributed by atoms with van der Waals surface area (Å²) in [7, 11) is 2.15. The molecule has 0 radical (unpaired) electrons. The van der Waals surface area contributed by atoms with E-state index in [0.717, 1.165) is 46.4 Å². The molecule has 0 unspecified atom stereocenters. The molecule has 8 rings (SSSR count). The van der Waals surface area contributed by atoms with E-state index >= 15 is 0 Å². The zero-order valence-electron chi connectivity index (χ0n) is 33.4. The van der Waals surface area contributed by atoms with E-state index in [0.29, 0.717) is 0 Å². The van der Waals surface area contributed by atoms with E-state index in [1.165, 1.54) is 38.8 Å². The lowest BCUT2D eigenvalue weighted by atomic mass is 9.80. The summed E-state index contributed by atoms with van der Waals surface area (Å²) in [4.78, 5) is 17.1. The van der Waals surface area contributed by atoms with Gasteiger partial charge in [0.05, 0.1) is 29.1 Å². The number of aromatic nitrogens is 3. The first kappa shape index (κ1) is 35.4. The number of pyridine rings is 2. The van der Waals surface area contributed by atoms with Gasteiger partial charge in [0.1, 0.15) is 11.6 Å². The van der Waals surface area contributed by atoms with Gasteiger partial charge in [-0.1, -0.05) is 105 Å². The van der Waals surface area contributed by atoms with Crippen LogP contribution in [0.25, 0.3) is 27.6 Å². The van der Waals surface area contributed by atoms with Crippen LogP contribution in [0.2, 0.25) is 0 Å². The summed E-state index contributed by atoms with van der Waals surface area (Å²) in [6.45, 7) is 21.3. The van der Waals surface area contributed by atoms with Crippen molar-refractivity contribution in [3.8, 4) is 5.82 Å². The molecule has 0 saturated carbocycles. The Morgan fingerprint density at radius 3 is 1.87 bits per heavy atom. The lowest BCUT2D eigenvalue weighted by Gasteiger charge is -2.31. The number of hydrogen-bond donors (Lipinski definition) is 0. The van der Waals surface area contributed by atoms with Gasteiger partial charge in [-0.15, -0.1) is 0 Å². The molecule has 0 amide bonds. The molecule has 0 aliphatic carbocycles. The molecule has 1 aliphatic rings. The molecule has 0 N–H and O–H groups in total. The Morgan fingerprint density at radius 1 is 0.537 bits per heavy atom. The maximum atomic E-state index is 5.13. The van der Waals surface area contributed by atoms with Crippen molar-refractivity contribution in [3.63, 3.8) is 0 Å². The van der Waals surface area contributed by atoms with Crippen LogP contribution in [0.15, 0.2) is 122 Å². The Kier molecular flexibility index (Phi) is 8.37. The normalized spacial score (nSPS) is 13.6. The monoisotopic (exact) mass is 712 g/mol. The zero-order chi connectivity index (χ0) is 38.2. The van der Waals surface area contributed by atoms with Crippen molar-refractivity contribution in [2.75, 3.05) is 28.4 Å². The quantitative estimate of drug-likeness (QED) is 0.178. The molecule has 0 bridgehead atoms. The van der Waals surface area contributed by atoms with Crippen molar-refractivity contribution in [2.24, 2.45) is 0 Å². The maximum absolute atomic E-state index is 5.13. The minimum Gasteiger partial charge on any atom is -0.355 e. The molecule has 6 heteroatoms. The third kappa shape index (κ3) is 6.27. The van der Waals surface area contributed by atoms with E-state index in [2.05, 4.69) is 198 Å².